The predicted octanol–water partition coefficient (Wildman–Crippen LogP) is 0.564. The van der Waals surface area contributed by atoms with Crippen molar-refractivity contribution in [2.24, 2.45) is 5.92 Å². The largest absolute Gasteiger partial charge is 0.342 e. The lowest BCUT2D eigenvalue weighted by Gasteiger charge is -2.34. The van der Waals surface area contributed by atoms with Crippen molar-refractivity contribution in [3.05, 3.63) is 0 Å². The van der Waals surface area contributed by atoms with E-state index in [4.69, 9.17) is 0 Å². The zero-order chi connectivity index (χ0) is 18.1. The number of piperidine rings is 1. The molecule has 2 heterocycles. The molecule has 0 spiro atoms. The summed E-state index contributed by atoms with van der Waals surface area (Å²) in [6.45, 7) is 9.09. The van der Waals surface area contributed by atoms with Gasteiger partial charge in [0.05, 0.1) is 11.7 Å². The Balaban J connectivity index is 1.89. The predicted molar refractivity (Wildman–Crippen MR) is 91.8 cm³/mol. The van der Waals surface area contributed by atoms with Gasteiger partial charge in [0.25, 0.3) is 0 Å². The number of likely N-dealkylation sites (tertiary alicyclic amines) is 2. The minimum Gasteiger partial charge on any atom is -0.342 e. The fourth-order valence-electron chi connectivity index (χ4n) is 3.33. The van der Waals surface area contributed by atoms with Crippen LogP contribution >= 0.6 is 0 Å². The van der Waals surface area contributed by atoms with Gasteiger partial charge in [0.1, 0.15) is 0 Å². The van der Waals surface area contributed by atoms with Crippen LogP contribution in [0.4, 0.5) is 0 Å². The Bertz CT molecular complexity index is 589. The van der Waals surface area contributed by atoms with Crippen LogP contribution in [0.2, 0.25) is 0 Å². The molecular formula is C16H29N3O4S. The van der Waals surface area contributed by atoms with E-state index < -0.39 is 10.0 Å². The number of carbonyl (C=O) groups excluding carboxylic acids is 2. The molecule has 138 valence electrons. The van der Waals surface area contributed by atoms with Crippen molar-refractivity contribution in [3.63, 3.8) is 0 Å². The molecule has 0 aromatic heterocycles. The van der Waals surface area contributed by atoms with Crippen LogP contribution in [0.1, 0.15) is 47.0 Å². The number of sulfonamides is 1. The highest BCUT2D eigenvalue weighted by atomic mass is 32.2. The summed E-state index contributed by atoms with van der Waals surface area (Å²) in [6.07, 6.45) is 1.52. The van der Waals surface area contributed by atoms with Gasteiger partial charge >= 0.3 is 0 Å². The lowest BCUT2D eigenvalue weighted by Crippen LogP contribution is -2.49. The van der Waals surface area contributed by atoms with Gasteiger partial charge in [-0.15, -0.1) is 0 Å². The van der Waals surface area contributed by atoms with Gasteiger partial charge in [-0.2, -0.15) is 0 Å². The first-order valence-corrected chi connectivity index (χ1v) is 10.3. The van der Waals surface area contributed by atoms with Gasteiger partial charge in [0, 0.05) is 37.6 Å². The summed E-state index contributed by atoms with van der Waals surface area (Å²) in [4.78, 5) is 28.4. The molecule has 2 aliphatic rings. The molecule has 0 aromatic rings. The molecule has 1 unspecified atom stereocenters. The van der Waals surface area contributed by atoms with Crippen molar-refractivity contribution >= 4 is 21.8 Å². The standard InChI is InChI=1S/C16H29N3O4S/c1-5-24(22,23)17-13-6-8-18(9-7-13)15(21)12-10-14(20)19(11-12)16(2,3)4/h12-13,17H,5-11H2,1-4H3. The molecule has 24 heavy (non-hydrogen) atoms. The Hall–Kier alpha value is -1.15. The van der Waals surface area contributed by atoms with Crippen LogP contribution in [0.25, 0.3) is 0 Å². The molecule has 2 amide bonds. The summed E-state index contributed by atoms with van der Waals surface area (Å²) in [6, 6.07) is -0.102. The number of carbonyl (C=O) groups is 2. The molecule has 0 bridgehead atoms. The van der Waals surface area contributed by atoms with Gasteiger partial charge in [0.2, 0.25) is 21.8 Å². The monoisotopic (exact) mass is 359 g/mol. The van der Waals surface area contributed by atoms with Crippen LogP contribution < -0.4 is 4.72 Å². The van der Waals surface area contributed by atoms with Gasteiger partial charge in [-0.05, 0) is 40.5 Å². The lowest BCUT2D eigenvalue weighted by molar-refractivity contribution is -0.136. The summed E-state index contributed by atoms with van der Waals surface area (Å²) in [5, 5.41) is 0. The highest BCUT2D eigenvalue weighted by Gasteiger charge is 2.41. The maximum absolute atomic E-state index is 12.7. The zero-order valence-electron chi connectivity index (χ0n) is 15.0. The zero-order valence-corrected chi connectivity index (χ0v) is 15.9. The van der Waals surface area contributed by atoms with Crippen LogP contribution in [0.15, 0.2) is 0 Å². The summed E-state index contributed by atoms with van der Waals surface area (Å²) in [5.74, 6) is -0.155. The minimum atomic E-state index is -3.21. The van der Waals surface area contributed by atoms with Crippen molar-refractivity contribution in [2.75, 3.05) is 25.4 Å². The van der Waals surface area contributed by atoms with Gasteiger partial charge in [-0.3, -0.25) is 9.59 Å². The molecule has 1 atom stereocenters. The summed E-state index contributed by atoms with van der Waals surface area (Å²) in [7, 11) is -3.21. The number of hydrogen-bond donors (Lipinski definition) is 1. The molecule has 0 saturated carbocycles. The number of nitrogens with one attached hydrogen (secondary N) is 1. The Kier molecular flexibility index (Phi) is 5.59. The molecular weight excluding hydrogens is 330 g/mol. The molecule has 0 aliphatic carbocycles. The van der Waals surface area contributed by atoms with Crippen LogP contribution in [0.3, 0.4) is 0 Å². The van der Waals surface area contributed by atoms with Gasteiger partial charge in [-0.1, -0.05) is 0 Å². The molecule has 2 saturated heterocycles. The number of amides is 2. The highest BCUT2D eigenvalue weighted by Crippen LogP contribution is 2.27. The van der Waals surface area contributed by atoms with E-state index in [2.05, 4.69) is 4.72 Å². The van der Waals surface area contributed by atoms with Gasteiger partial charge in [-0.25, -0.2) is 13.1 Å². The fraction of sp³-hybridized carbons (Fsp3) is 0.875. The molecule has 2 fully saturated rings. The second-order valence-electron chi connectivity index (χ2n) is 7.70. The van der Waals surface area contributed by atoms with Crippen LogP contribution in [-0.2, 0) is 19.6 Å². The Morgan fingerprint density at radius 3 is 2.29 bits per heavy atom. The Morgan fingerprint density at radius 1 is 1.25 bits per heavy atom. The van der Waals surface area contributed by atoms with E-state index in [-0.39, 0.29) is 41.5 Å². The van der Waals surface area contributed by atoms with E-state index >= 15 is 0 Å². The van der Waals surface area contributed by atoms with E-state index in [0.717, 1.165) is 0 Å². The smallest absolute Gasteiger partial charge is 0.227 e. The Morgan fingerprint density at radius 2 is 1.83 bits per heavy atom. The number of hydrogen-bond acceptors (Lipinski definition) is 4. The van der Waals surface area contributed by atoms with Crippen molar-refractivity contribution in [3.8, 4) is 0 Å². The molecule has 0 radical (unpaired) electrons. The molecule has 2 rings (SSSR count). The van der Waals surface area contributed by atoms with Crippen LogP contribution in [-0.4, -0.2) is 67.0 Å². The van der Waals surface area contributed by atoms with E-state index in [1.54, 1.807) is 16.7 Å². The second kappa shape index (κ2) is 7.00. The third kappa shape index (κ3) is 4.47. The molecule has 0 aromatic carbocycles. The first-order chi connectivity index (χ1) is 11.0. The van der Waals surface area contributed by atoms with Crippen LogP contribution in [0, 0.1) is 5.92 Å². The molecule has 1 N–H and O–H groups in total. The van der Waals surface area contributed by atoms with E-state index in [1.165, 1.54) is 0 Å². The van der Waals surface area contributed by atoms with Gasteiger partial charge in [0.15, 0.2) is 0 Å². The summed E-state index contributed by atoms with van der Waals surface area (Å²) < 4.78 is 25.9. The van der Waals surface area contributed by atoms with E-state index in [1.807, 2.05) is 20.8 Å². The van der Waals surface area contributed by atoms with Crippen molar-refractivity contribution in [2.45, 2.75) is 58.5 Å². The Labute approximate surface area is 144 Å². The average Bonchev–Trinajstić information content (AvgIpc) is 2.89. The lowest BCUT2D eigenvalue weighted by atomic mass is 10.0. The van der Waals surface area contributed by atoms with E-state index in [0.29, 0.717) is 32.5 Å². The minimum absolute atomic E-state index is 0.0203. The fourth-order valence-corrected chi connectivity index (χ4v) is 4.24. The first kappa shape index (κ1) is 19.2. The normalized spacial score (nSPS) is 23.8. The SMILES string of the molecule is CCS(=O)(=O)NC1CCN(C(=O)C2CC(=O)N(C(C)(C)C)C2)CC1. The third-order valence-corrected chi connectivity index (χ3v) is 6.27. The van der Waals surface area contributed by atoms with Gasteiger partial charge < -0.3 is 9.80 Å². The maximum Gasteiger partial charge on any atom is 0.227 e. The highest BCUT2D eigenvalue weighted by molar-refractivity contribution is 7.89. The molecule has 8 heteroatoms. The summed E-state index contributed by atoms with van der Waals surface area (Å²) in [5.41, 5.74) is -0.266. The first-order valence-electron chi connectivity index (χ1n) is 8.62. The van der Waals surface area contributed by atoms with Crippen molar-refractivity contribution in [1.29, 1.82) is 0 Å². The second-order valence-corrected chi connectivity index (χ2v) is 9.74. The molecule has 7 nitrogen and oxygen atoms in total. The number of rotatable bonds is 4. The quantitative estimate of drug-likeness (QED) is 0.795. The van der Waals surface area contributed by atoms with Crippen molar-refractivity contribution in [1.82, 2.24) is 14.5 Å². The van der Waals surface area contributed by atoms with Crippen molar-refractivity contribution < 1.29 is 18.0 Å². The maximum atomic E-state index is 12.7. The molecule has 2 aliphatic heterocycles. The topological polar surface area (TPSA) is 86.8 Å². The average molecular weight is 359 g/mol. The van der Waals surface area contributed by atoms with E-state index in [9.17, 15) is 18.0 Å². The van der Waals surface area contributed by atoms with Crippen LogP contribution in [0.5, 0.6) is 0 Å². The number of nitrogens with zero attached hydrogens (tertiary/aromatic N) is 2. The third-order valence-electron chi connectivity index (χ3n) is 4.82. The summed E-state index contributed by atoms with van der Waals surface area (Å²) >= 11 is 0.